The molecule has 1 heterocycles. The van der Waals surface area contributed by atoms with Gasteiger partial charge in [-0.1, -0.05) is 30.3 Å². The summed E-state index contributed by atoms with van der Waals surface area (Å²) in [4.78, 5) is 47.1. The molecular weight excluding hydrogens is 450 g/mol. The highest BCUT2D eigenvalue weighted by atomic mass is 32.2. The number of ether oxygens (including phenoxy) is 1. The minimum absolute atomic E-state index is 0.174. The summed E-state index contributed by atoms with van der Waals surface area (Å²) in [5.41, 5.74) is -0.00267. The minimum atomic E-state index is -0.772. The molecule has 0 unspecified atom stereocenters. The van der Waals surface area contributed by atoms with E-state index in [-0.39, 0.29) is 16.4 Å². The normalized spacial score (nSPS) is 14.5. The zero-order chi connectivity index (χ0) is 23.5. The molecule has 4 rings (SSSR count). The van der Waals surface area contributed by atoms with Crippen LogP contribution in [0, 0.1) is 20.2 Å². The van der Waals surface area contributed by atoms with Crippen molar-refractivity contribution in [3.05, 3.63) is 103 Å². The maximum absolute atomic E-state index is 12.8. The molecule has 2 amide bonds. The summed E-state index contributed by atoms with van der Waals surface area (Å²) in [5.74, 6) is -0.427. The van der Waals surface area contributed by atoms with Crippen molar-refractivity contribution in [1.82, 2.24) is 0 Å². The molecular formula is C22H13N3O7S. The summed E-state index contributed by atoms with van der Waals surface area (Å²) in [6.07, 6.45) is 1.52. The Hall–Kier alpha value is -4.51. The van der Waals surface area contributed by atoms with Crippen LogP contribution in [-0.4, -0.2) is 21.0 Å². The molecule has 1 aliphatic rings. The maximum atomic E-state index is 12.8. The lowest BCUT2D eigenvalue weighted by molar-refractivity contribution is -0.394. The number of carbonyl (C=O) groups excluding carboxylic acids is 2. The van der Waals surface area contributed by atoms with Crippen molar-refractivity contribution in [3.8, 4) is 11.5 Å². The van der Waals surface area contributed by atoms with E-state index in [9.17, 15) is 29.8 Å². The summed E-state index contributed by atoms with van der Waals surface area (Å²) < 4.78 is 5.59. The van der Waals surface area contributed by atoms with E-state index in [4.69, 9.17) is 4.74 Å². The minimum Gasteiger partial charge on any atom is -0.450 e. The first kappa shape index (κ1) is 21.7. The van der Waals surface area contributed by atoms with Crippen LogP contribution < -0.4 is 9.64 Å². The Morgan fingerprint density at radius 1 is 0.879 bits per heavy atom. The molecule has 0 atom stereocenters. The fourth-order valence-electron chi connectivity index (χ4n) is 3.06. The van der Waals surface area contributed by atoms with Gasteiger partial charge in [0.25, 0.3) is 16.8 Å². The van der Waals surface area contributed by atoms with E-state index in [1.807, 2.05) is 0 Å². The number of carbonyl (C=O) groups is 2. The van der Waals surface area contributed by atoms with Crippen LogP contribution in [0.15, 0.2) is 77.7 Å². The Morgan fingerprint density at radius 2 is 1.64 bits per heavy atom. The Bertz CT molecular complexity index is 1320. The molecule has 3 aromatic rings. The second-order valence-electron chi connectivity index (χ2n) is 6.69. The molecule has 0 aromatic heterocycles. The molecule has 0 saturated carbocycles. The van der Waals surface area contributed by atoms with Gasteiger partial charge in [0, 0.05) is 6.07 Å². The fraction of sp³-hybridized carbons (Fsp3) is 0. The van der Waals surface area contributed by atoms with E-state index >= 15 is 0 Å². The average Bonchev–Trinajstić information content (AvgIpc) is 3.07. The highest BCUT2D eigenvalue weighted by Gasteiger charge is 2.36. The summed E-state index contributed by atoms with van der Waals surface area (Å²) in [6.45, 7) is 0. The third-order valence-corrected chi connectivity index (χ3v) is 5.41. The number of thioether (sulfide) groups is 1. The van der Waals surface area contributed by atoms with Crippen LogP contribution >= 0.6 is 11.8 Å². The molecule has 33 heavy (non-hydrogen) atoms. The number of nitrogens with zero attached hydrogens (tertiary/aromatic N) is 3. The number of non-ortho nitro benzene ring substituents is 1. The molecule has 0 N–H and O–H groups in total. The zero-order valence-corrected chi connectivity index (χ0v) is 17.4. The molecule has 0 aliphatic carbocycles. The number of para-hydroxylation sites is 1. The van der Waals surface area contributed by atoms with E-state index < -0.39 is 32.4 Å². The summed E-state index contributed by atoms with van der Waals surface area (Å²) in [7, 11) is 0. The lowest BCUT2D eigenvalue weighted by atomic mass is 10.2. The van der Waals surface area contributed by atoms with Gasteiger partial charge >= 0.3 is 5.69 Å². The molecule has 0 spiro atoms. The van der Waals surface area contributed by atoms with Gasteiger partial charge < -0.3 is 4.74 Å². The lowest BCUT2D eigenvalue weighted by Gasteiger charge is -2.11. The van der Waals surface area contributed by atoms with Gasteiger partial charge in [-0.2, -0.15) is 0 Å². The molecule has 1 aliphatic heterocycles. The Labute approximate surface area is 190 Å². The number of imide groups is 1. The topological polar surface area (TPSA) is 133 Å². The Morgan fingerprint density at radius 3 is 2.33 bits per heavy atom. The van der Waals surface area contributed by atoms with Crippen molar-refractivity contribution in [1.29, 1.82) is 0 Å². The summed E-state index contributed by atoms with van der Waals surface area (Å²) in [6, 6.07) is 18.0. The number of nitro benzene ring substituents is 2. The van der Waals surface area contributed by atoms with Crippen LogP contribution in [0.4, 0.5) is 21.9 Å². The Balaban J connectivity index is 1.60. The number of nitro groups is 2. The van der Waals surface area contributed by atoms with E-state index in [0.717, 1.165) is 34.9 Å². The number of amides is 2. The monoisotopic (exact) mass is 463 g/mol. The van der Waals surface area contributed by atoms with Crippen molar-refractivity contribution in [2.45, 2.75) is 0 Å². The molecule has 1 saturated heterocycles. The maximum Gasteiger partial charge on any atom is 0.318 e. The van der Waals surface area contributed by atoms with Gasteiger partial charge in [-0.3, -0.25) is 29.8 Å². The predicted octanol–water partition coefficient (Wildman–Crippen LogP) is 5.54. The van der Waals surface area contributed by atoms with Crippen LogP contribution in [0.2, 0.25) is 0 Å². The van der Waals surface area contributed by atoms with Crippen molar-refractivity contribution in [2.24, 2.45) is 0 Å². The van der Waals surface area contributed by atoms with Gasteiger partial charge in [-0.05, 0) is 53.7 Å². The molecule has 3 aromatic carbocycles. The van der Waals surface area contributed by atoms with Crippen LogP contribution in [0.25, 0.3) is 6.08 Å². The number of benzene rings is 3. The van der Waals surface area contributed by atoms with E-state index in [1.54, 1.807) is 42.5 Å². The van der Waals surface area contributed by atoms with Crippen molar-refractivity contribution >= 4 is 46.0 Å². The molecule has 164 valence electrons. The van der Waals surface area contributed by atoms with Crippen molar-refractivity contribution in [3.63, 3.8) is 0 Å². The highest BCUT2D eigenvalue weighted by molar-refractivity contribution is 8.19. The number of hydrogen-bond donors (Lipinski definition) is 0. The summed E-state index contributed by atoms with van der Waals surface area (Å²) >= 11 is 0.797. The predicted molar refractivity (Wildman–Crippen MR) is 121 cm³/mol. The number of hydrogen-bond acceptors (Lipinski definition) is 8. The third kappa shape index (κ3) is 4.57. The molecule has 0 radical (unpaired) electrons. The van der Waals surface area contributed by atoms with Crippen molar-refractivity contribution < 1.29 is 24.2 Å². The SMILES string of the molecule is O=C1S/C(=C/c2cccc(Oc3ccc([N+](=O)[O-])cc3[N+](=O)[O-])c2)C(=O)N1c1ccccc1. The largest absolute Gasteiger partial charge is 0.450 e. The highest BCUT2D eigenvalue weighted by Crippen LogP contribution is 2.37. The zero-order valence-electron chi connectivity index (χ0n) is 16.6. The van der Waals surface area contributed by atoms with Gasteiger partial charge in [0.05, 0.1) is 26.5 Å². The van der Waals surface area contributed by atoms with Gasteiger partial charge in [0.15, 0.2) is 0 Å². The van der Waals surface area contributed by atoms with Gasteiger partial charge in [0.2, 0.25) is 5.75 Å². The molecule has 10 nitrogen and oxygen atoms in total. The average molecular weight is 463 g/mol. The van der Waals surface area contributed by atoms with Crippen LogP contribution in [-0.2, 0) is 4.79 Å². The smallest absolute Gasteiger partial charge is 0.318 e. The second kappa shape index (κ2) is 8.93. The van der Waals surface area contributed by atoms with Gasteiger partial charge in [0.1, 0.15) is 5.75 Å². The van der Waals surface area contributed by atoms with Gasteiger partial charge in [-0.25, -0.2) is 4.90 Å². The summed E-state index contributed by atoms with van der Waals surface area (Å²) in [5, 5.41) is 21.8. The third-order valence-electron chi connectivity index (χ3n) is 4.54. The van der Waals surface area contributed by atoms with Gasteiger partial charge in [-0.15, -0.1) is 0 Å². The quantitative estimate of drug-likeness (QED) is 0.264. The molecule has 11 heteroatoms. The van der Waals surface area contributed by atoms with Crippen LogP contribution in [0.1, 0.15) is 5.56 Å². The first-order chi connectivity index (χ1) is 15.8. The molecule has 0 bridgehead atoms. The Kier molecular flexibility index (Phi) is 5.87. The first-order valence-electron chi connectivity index (χ1n) is 9.37. The van der Waals surface area contributed by atoms with E-state index in [2.05, 4.69) is 0 Å². The standard InChI is InChI=1S/C22H13N3O7S/c26-21-20(33-22(27)23(21)15-6-2-1-3-7-15)12-14-5-4-8-17(11-14)32-19-10-9-16(24(28)29)13-18(19)25(30)31/h1-13H/b20-12+. The molecule has 1 fully saturated rings. The fourth-order valence-corrected chi connectivity index (χ4v) is 3.90. The number of rotatable bonds is 6. The van der Waals surface area contributed by atoms with E-state index in [1.165, 1.54) is 18.2 Å². The van der Waals surface area contributed by atoms with E-state index in [0.29, 0.717) is 11.3 Å². The lowest BCUT2D eigenvalue weighted by Crippen LogP contribution is -2.27. The van der Waals surface area contributed by atoms with Crippen LogP contribution in [0.5, 0.6) is 11.5 Å². The second-order valence-corrected chi connectivity index (χ2v) is 7.69. The van der Waals surface area contributed by atoms with Crippen molar-refractivity contribution in [2.75, 3.05) is 4.90 Å². The number of anilines is 1. The van der Waals surface area contributed by atoms with Crippen LogP contribution in [0.3, 0.4) is 0 Å². The first-order valence-corrected chi connectivity index (χ1v) is 10.2.